The summed E-state index contributed by atoms with van der Waals surface area (Å²) in [7, 11) is 0. The van der Waals surface area contributed by atoms with Crippen molar-refractivity contribution in [1.29, 1.82) is 0 Å². The van der Waals surface area contributed by atoms with Gasteiger partial charge in [0.25, 0.3) is 0 Å². The maximum atomic E-state index is 5.46. The third-order valence-corrected chi connectivity index (χ3v) is 3.71. The normalized spacial score (nSPS) is 16.4. The van der Waals surface area contributed by atoms with E-state index in [0.717, 1.165) is 32.0 Å². The zero-order chi connectivity index (χ0) is 13.9. The molecule has 1 aromatic carbocycles. The molecule has 0 saturated carbocycles. The van der Waals surface area contributed by atoms with Crippen LogP contribution in [0.2, 0.25) is 0 Å². The van der Waals surface area contributed by atoms with E-state index >= 15 is 0 Å². The molecule has 1 aliphatic heterocycles. The first-order valence-electron chi connectivity index (χ1n) is 6.64. The second-order valence-electron chi connectivity index (χ2n) is 4.88. The molecule has 20 heavy (non-hydrogen) atoms. The van der Waals surface area contributed by atoms with Gasteiger partial charge in [0, 0.05) is 13.1 Å². The number of nitrogens with zero attached hydrogens (tertiary/aromatic N) is 5. The number of aryl methyl sites for hydroxylation is 1. The smallest absolute Gasteiger partial charge is 0.221 e. The second-order valence-corrected chi connectivity index (χ2v) is 5.25. The van der Waals surface area contributed by atoms with Crippen LogP contribution in [0.25, 0.3) is 5.69 Å². The van der Waals surface area contributed by atoms with Gasteiger partial charge in [0.05, 0.1) is 25.6 Å². The molecule has 2 aromatic rings. The molecule has 3 rings (SSSR count). The van der Waals surface area contributed by atoms with Crippen LogP contribution in [0.15, 0.2) is 24.3 Å². The minimum absolute atomic E-state index is 0.613. The van der Waals surface area contributed by atoms with Crippen LogP contribution in [-0.2, 0) is 11.4 Å². The van der Waals surface area contributed by atoms with E-state index in [4.69, 9.17) is 17.0 Å². The summed E-state index contributed by atoms with van der Waals surface area (Å²) in [5, 5.41) is 8.32. The highest BCUT2D eigenvalue weighted by Gasteiger charge is 2.13. The van der Waals surface area contributed by atoms with Crippen LogP contribution in [0.1, 0.15) is 5.56 Å². The lowest BCUT2D eigenvalue weighted by atomic mass is 10.2. The Morgan fingerprint density at radius 3 is 2.80 bits per heavy atom. The largest absolute Gasteiger partial charge is 0.379 e. The lowest BCUT2D eigenvalue weighted by Crippen LogP contribution is -2.37. The average Bonchev–Trinajstić information content (AvgIpc) is 2.81. The lowest BCUT2D eigenvalue weighted by molar-refractivity contribution is 0.0207. The number of hydrogen-bond donors (Lipinski definition) is 0. The summed E-state index contributed by atoms with van der Waals surface area (Å²) >= 11 is 5.46. The summed E-state index contributed by atoms with van der Waals surface area (Å²) in [4.78, 5) is 2.26. The predicted octanol–water partition coefficient (Wildman–Crippen LogP) is 1.40. The number of ether oxygens (including phenoxy) is 1. The van der Waals surface area contributed by atoms with E-state index in [1.54, 1.807) is 9.36 Å². The molecule has 1 saturated heterocycles. The van der Waals surface area contributed by atoms with E-state index < -0.39 is 0 Å². The quantitative estimate of drug-likeness (QED) is 0.800. The molecule has 0 aliphatic carbocycles. The van der Waals surface area contributed by atoms with Crippen molar-refractivity contribution in [3.8, 4) is 5.69 Å². The van der Waals surface area contributed by atoms with Crippen molar-refractivity contribution in [2.45, 2.75) is 13.6 Å². The Hall–Kier alpha value is -1.57. The minimum Gasteiger partial charge on any atom is -0.379 e. The van der Waals surface area contributed by atoms with Crippen LogP contribution >= 0.6 is 12.2 Å². The van der Waals surface area contributed by atoms with E-state index in [2.05, 4.69) is 15.3 Å². The third kappa shape index (κ3) is 2.79. The van der Waals surface area contributed by atoms with Gasteiger partial charge in [-0.3, -0.25) is 4.90 Å². The second kappa shape index (κ2) is 5.82. The van der Waals surface area contributed by atoms with Gasteiger partial charge in [0.2, 0.25) is 4.77 Å². The first-order chi connectivity index (χ1) is 9.74. The molecule has 0 unspecified atom stereocenters. The highest BCUT2D eigenvalue weighted by Crippen LogP contribution is 2.09. The van der Waals surface area contributed by atoms with Gasteiger partial charge in [-0.2, -0.15) is 4.68 Å². The van der Waals surface area contributed by atoms with Crippen molar-refractivity contribution >= 4 is 12.2 Å². The van der Waals surface area contributed by atoms with Crippen LogP contribution in [0.3, 0.4) is 0 Å². The molecular weight excluding hydrogens is 274 g/mol. The highest BCUT2D eigenvalue weighted by atomic mass is 32.1. The monoisotopic (exact) mass is 291 g/mol. The zero-order valence-corrected chi connectivity index (χ0v) is 12.2. The summed E-state index contributed by atoms with van der Waals surface area (Å²) in [6.07, 6.45) is 0. The minimum atomic E-state index is 0.613. The molecule has 7 heteroatoms. The van der Waals surface area contributed by atoms with E-state index in [-0.39, 0.29) is 0 Å². The van der Waals surface area contributed by atoms with Crippen LogP contribution in [0.4, 0.5) is 0 Å². The Bertz CT molecular complexity index is 644. The Morgan fingerprint density at radius 2 is 2.05 bits per heavy atom. The summed E-state index contributed by atoms with van der Waals surface area (Å²) in [5.74, 6) is 0. The molecule has 0 spiro atoms. The van der Waals surface area contributed by atoms with E-state index in [1.165, 1.54) is 5.56 Å². The van der Waals surface area contributed by atoms with Gasteiger partial charge in [0.1, 0.15) is 0 Å². The van der Waals surface area contributed by atoms with Gasteiger partial charge in [-0.05, 0) is 47.3 Å². The van der Waals surface area contributed by atoms with Gasteiger partial charge in [-0.15, -0.1) is 0 Å². The molecular formula is C13H17N5OS. The molecule has 106 valence electrons. The van der Waals surface area contributed by atoms with E-state index in [0.29, 0.717) is 11.4 Å². The average molecular weight is 291 g/mol. The Labute approximate surface area is 122 Å². The van der Waals surface area contributed by atoms with Gasteiger partial charge >= 0.3 is 0 Å². The lowest BCUT2D eigenvalue weighted by Gasteiger charge is -2.25. The van der Waals surface area contributed by atoms with Crippen LogP contribution in [0, 0.1) is 11.7 Å². The van der Waals surface area contributed by atoms with Gasteiger partial charge < -0.3 is 4.74 Å². The first kappa shape index (κ1) is 13.4. The number of aromatic nitrogens is 4. The summed E-state index contributed by atoms with van der Waals surface area (Å²) < 4.78 is 9.40. The molecule has 1 aromatic heterocycles. The summed E-state index contributed by atoms with van der Waals surface area (Å²) in [6, 6.07) is 8.07. The summed E-state index contributed by atoms with van der Waals surface area (Å²) in [6.45, 7) is 6.04. The molecule has 0 bridgehead atoms. The fourth-order valence-electron chi connectivity index (χ4n) is 2.22. The predicted molar refractivity (Wildman–Crippen MR) is 77.3 cm³/mol. The van der Waals surface area contributed by atoms with Crippen molar-refractivity contribution in [2.75, 3.05) is 26.3 Å². The maximum Gasteiger partial charge on any atom is 0.221 e. The molecule has 1 aliphatic rings. The first-order valence-corrected chi connectivity index (χ1v) is 7.05. The van der Waals surface area contributed by atoms with Gasteiger partial charge in [-0.25, -0.2) is 4.68 Å². The van der Waals surface area contributed by atoms with E-state index in [1.807, 2.05) is 31.2 Å². The SMILES string of the molecule is Cc1cccc(-n2nnn(CN3CCOCC3)c2=S)c1. The van der Waals surface area contributed by atoms with Gasteiger partial charge in [0.15, 0.2) is 0 Å². The number of tetrazole rings is 1. The molecule has 0 amide bonds. The molecule has 1 fully saturated rings. The molecule has 0 radical (unpaired) electrons. The number of rotatable bonds is 3. The molecule has 0 atom stereocenters. The van der Waals surface area contributed by atoms with Crippen LogP contribution < -0.4 is 0 Å². The van der Waals surface area contributed by atoms with Crippen molar-refractivity contribution in [3.05, 3.63) is 34.6 Å². The van der Waals surface area contributed by atoms with Crippen molar-refractivity contribution in [3.63, 3.8) is 0 Å². The fourth-order valence-corrected chi connectivity index (χ4v) is 2.45. The number of benzene rings is 1. The summed E-state index contributed by atoms with van der Waals surface area (Å²) in [5.41, 5.74) is 2.12. The topological polar surface area (TPSA) is 48.1 Å². The Balaban J connectivity index is 1.83. The van der Waals surface area contributed by atoms with Gasteiger partial charge in [-0.1, -0.05) is 12.1 Å². The Kier molecular flexibility index (Phi) is 3.90. The Morgan fingerprint density at radius 1 is 1.25 bits per heavy atom. The number of hydrogen-bond acceptors (Lipinski definition) is 5. The molecule has 2 heterocycles. The fraction of sp³-hybridized carbons (Fsp3) is 0.462. The molecule has 0 N–H and O–H groups in total. The third-order valence-electron chi connectivity index (χ3n) is 3.32. The highest BCUT2D eigenvalue weighted by molar-refractivity contribution is 7.71. The van der Waals surface area contributed by atoms with Crippen LogP contribution in [0.5, 0.6) is 0 Å². The standard InChI is InChI=1S/C13H17N5OS/c1-11-3-2-4-12(9-11)18-13(20)17(14-15-18)10-16-5-7-19-8-6-16/h2-4,9H,5-8,10H2,1H3. The maximum absolute atomic E-state index is 5.46. The van der Waals surface area contributed by atoms with E-state index in [9.17, 15) is 0 Å². The zero-order valence-electron chi connectivity index (χ0n) is 11.4. The van der Waals surface area contributed by atoms with Crippen molar-refractivity contribution in [2.24, 2.45) is 0 Å². The number of morpholine rings is 1. The van der Waals surface area contributed by atoms with Crippen molar-refractivity contribution < 1.29 is 4.74 Å². The van der Waals surface area contributed by atoms with Crippen molar-refractivity contribution in [1.82, 2.24) is 24.7 Å². The van der Waals surface area contributed by atoms with Crippen LogP contribution in [-0.4, -0.2) is 51.0 Å². The molecule has 6 nitrogen and oxygen atoms in total.